The highest BCUT2D eigenvalue weighted by molar-refractivity contribution is 5.95. The number of fused-ring (bicyclic) bond motifs is 1. The summed E-state index contributed by atoms with van der Waals surface area (Å²) in [6, 6.07) is 11.2. The Morgan fingerprint density at radius 1 is 1.06 bits per heavy atom. The number of amides is 3. The van der Waals surface area contributed by atoms with Crippen molar-refractivity contribution in [3.05, 3.63) is 65.5 Å². The van der Waals surface area contributed by atoms with Crippen molar-refractivity contribution in [1.82, 2.24) is 25.2 Å². The second kappa shape index (κ2) is 9.25. The number of hydroxylamine groups is 1. The van der Waals surface area contributed by atoms with Gasteiger partial charge in [-0.25, -0.2) is 15.3 Å². The first-order valence-electron chi connectivity index (χ1n) is 10.4. The Labute approximate surface area is 195 Å². The minimum absolute atomic E-state index is 0.133. The number of carboxylic acid groups (broad SMARTS) is 1. The van der Waals surface area contributed by atoms with Crippen LogP contribution < -0.4 is 10.8 Å². The van der Waals surface area contributed by atoms with Crippen molar-refractivity contribution in [2.75, 3.05) is 13.1 Å². The largest absolute Gasteiger partial charge is 0.465 e. The summed E-state index contributed by atoms with van der Waals surface area (Å²) in [5.74, 6) is -3.46. The normalized spacial score (nSPS) is 18.0. The van der Waals surface area contributed by atoms with Gasteiger partial charge in [0.1, 0.15) is 0 Å². The highest BCUT2D eigenvalue weighted by Gasteiger charge is 2.41. The monoisotopic (exact) mass is 491 g/mol. The molecule has 0 aliphatic carbocycles. The molecule has 0 saturated carbocycles. The minimum atomic E-state index is -4.65. The summed E-state index contributed by atoms with van der Waals surface area (Å²) in [4.78, 5) is 40.5. The molecule has 1 fully saturated rings. The molecule has 2 atom stereocenters. The van der Waals surface area contributed by atoms with Crippen LogP contribution in [-0.4, -0.2) is 61.8 Å². The molecule has 184 valence electrons. The molecular weight excluding hydrogens is 471 g/mol. The number of alkyl halides is 3. The fourth-order valence-electron chi connectivity index (χ4n) is 4.10. The molecule has 13 heteroatoms. The lowest BCUT2D eigenvalue weighted by Crippen LogP contribution is -2.45. The molecule has 1 aromatic heterocycles. The van der Waals surface area contributed by atoms with E-state index in [1.54, 1.807) is 18.2 Å². The average Bonchev–Trinajstić information content (AvgIpc) is 3.41. The van der Waals surface area contributed by atoms with Gasteiger partial charge in [0.2, 0.25) is 11.7 Å². The number of nitrogens with zero attached hydrogens (tertiary/aromatic N) is 3. The topological polar surface area (TPSA) is 137 Å². The quantitative estimate of drug-likeness (QED) is 0.319. The van der Waals surface area contributed by atoms with E-state index in [-0.39, 0.29) is 30.7 Å². The van der Waals surface area contributed by atoms with Crippen molar-refractivity contribution in [2.45, 2.75) is 18.8 Å². The number of aromatic nitrogens is 2. The number of para-hydroxylation sites is 2. The average molecular weight is 491 g/mol. The molecule has 1 aliphatic heterocycles. The van der Waals surface area contributed by atoms with Gasteiger partial charge in [-0.05, 0) is 29.8 Å². The summed E-state index contributed by atoms with van der Waals surface area (Å²) in [5.41, 5.74) is 2.65. The van der Waals surface area contributed by atoms with E-state index in [1.807, 2.05) is 0 Å². The van der Waals surface area contributed by atoms with Crippen LogP contribution in [0.3, 0.4) is 0 Å². The lowest BCUT2D eigenvalue weighted by molar-refractivity contribution is -0.146. The maximum absolute atomic E-state index is 13.5. The number of rotatable bonds is 5. The molecule has 10 nitrogen and oxygen atoms in total. The summed E-state index contributed by atoms with van der Waals surface area (Å²) in [5, 5.41) is 20.7. The molecule has 1 aliphatic rings. The van der Waals surface area contributed by atoms with E-state index in [2.05, 4.69) is 10.3 Å². The lowest BCUT2D eigenvalue weighted by Gasteiger charge is -2.18. The van der Waals surface area contributed by atoms with E-state index in [1.165, 1.54) is 35.8 Å². The minimum Gasteiger partial charge on any atom is -0.465 e. The molecule has 0 unspecified atom stereocenters. The van der Waals surface area contributed by atoms with Crippen molar-refractivity contribution in [3.8, 4) is 0 Å². The molecule has 2 aromatic carbocycles. The van der Waals surface area contributed by atoms with Gasteiger partial charge in [0, 0.05) is 25.2 Å². The third-order valence-electron chi connectivity index (χ3n) is 5.82. The Morgan fingerprint density at radius 3 is 2.37 bits per heavy atom. The first-order chi connectivity index (χ1) is 16.6. The zero-order valence-corrected chi connectivity index (χ0v) is 18.0. The van der Waals surface area contributed by atoms with E-state index >= 15 is 0 Å². The number of likely N-dealkylation sites (tertiary alicyclic amines) is 1. The Morgan fingerprint density at radius 2 is 1.74 bits per heavy atom. The van der Waals surface area contributed by atoms with Crippen LogP contribution in [0.1, 0.15) is 21.7 Å². The predicted molar refractivity (Wildman–Crippen MR) is 115 cm³/mol. The van der Waals surface area contributed by atoms with Gasteiger partial charge in [0.05, 0.1) is 23.0 Å². The van der Waals surface area contributed by atoms with Crippen LogP contribution >= 0.6 is 0 Å². The number of carbonyl (C=O) groups excluding carboxylic acids is 2. The Hall–Kier alpha value is -4.13. The molecular formula is C22H20F3N5O5. The van der Waals surface area contributed by atoms with Crippen LogP contribution in [0, 0.1) is 5.92 Å². The standard InChI is InChI=1S/C22H20F3N5O5/c23-22(24,25)20-27-15-3-1-2-4-17(15)30(20)9-12-5-7-13(8-6-12)18(31)26-16-11-29(21(33)34)10-14(16)19(32)28-35/h1-8,14,16,35H,9-11H2,(H,26,31)(H,28,32)(H,33,34)/t14-,16+/m0/s1. The van der Waals surface area contributed by atoms with Gasteiger partial charge in [-0.1, -0.05) is 24.3 Å². The smallest absolute Gasteiger partial charge is 0.449 e. The van der Waals surface area contributed by atoms with E-state index < -0.39 is 41.9 Å². The van der Waals surface area contributed by atoms with Crippen molar-refractivity contribution in [1.29, 1.82) is 0 Å². The number of carbonyl (C=O) groups is 3. The fourth-order valence-corrected chi connectivity index (χ4v) is 4.10. The first kappa shape index (κ1) is 24.0. The Bertz CT molecular complexity index is 1270. The maximum Gasteiger partial charge on any atom is 0.449 e. The molecule has 35 heavy (non-hydrogen) atoms. The van der Waals surface area contributed by atoms with E-state index in [9.17, 15) is 27.6 Å². The van der Waals surface area contributed by atoms with Crippen LogP contribution in [0.5, 0.6) is 0 Å². The van der Waals surface area contributed by atoms with E-state index in [0.29, 0.717) is 11.1 Å². The summed E-state index contributed by atoms with van der Waals surface area (Å²) < 4.78 is 41.6. The summed E-state index contributed by atoms with van der Waals surface area (Å²) in [7, 11) is 0. The molecule has 3 amide bonds. The van der Waals surface area contributed by atoms with Crippen LogP contribution in [0.2, 0.25) is 0 Å². The Kier molecular flexibility index (Phi) is 6.35. The van der Waals surface area contributed by atoms with Crippen LogP contribution in [0.15, 0.2) is 48.5 Å². The van der Waals surface area contributed by atoms with Crippen molar-refractivity contribution >= 4 is 28.9 Å². The number of hydrogen-bond donors (Lipinski definition) is 4. The molecule has 1 saturated heterocycles. The fraction of sp³-hybridized carbons (Fsp3) is 0.273. The van der Waals surface area contributed by atoms with Gasteiger partial charge >= 0.3 is 12.3 Å². The third kappa shape index (κ3) is 4.89. The van der Waals surface area contributed by atoms with Gasteiger partial charge in [-0.3, -0.25) is 14.8 Å². The second-order valence-corrected chi connectivity index (χ2v) is 8.06. The zero-order chi connectivity index (χ0) is 25.3. The van der Waals surface area contributed by atoms with Crippen LogP contribution in [0.25, 0.3) is 11.0 Å². The highest BCUT2D eigenvalue weighted by atomic mass is 19.4. The van der Waals surface area contributed by atoms with Gasteiger partial charge in [0.25, 0.3) is 5.91 Å². The van der Waals surface area contributed by atoms with Crippen LogP contribution in [-0.2, 0) is 17.5 Å². The predicted octanol–water partition coefficient (Wildman–Crippen LogP) is 2.32. The zero-order valence-electron chi connectivity index (χ0n) is 18.0. The van der Waals surface area contributed by atoms with Crippen molar-refractivity contribution < 1.29 is 37.9 Å². The van der Waals surface area contributed by atoms with Crippen molar-refractivity contribution in [2.24, 2.45) is 5.92 Å². The number of hydrogen-bond acceptors (Lipinski definition) is 5. The number of nitrogens with one attached hydrogen (secondary N) is 2. The summed E-state index contributed by atoms with van der Waals surface area (Å²) in [6.45, 7) is -0.483. The lowest BCUT2D eigenvalue weighted by atomic mass is 10.0. The molecule has 2 heterocycles. The first-order valence-corrected chi connectivity index (χ1v) is 10.4. The van der Waals surface area contributed by atoms with E-state index in [0.717, 1.165) is 9.47 Å². The molecule has 0 bridgehead atoms. The Balaban J connectivity index is 1.51. The highest BCUT2D eigenvalue weighted by Crippen LogP contribution is 2.32. The van der Waals surface area contributed by atoms with Crippen LogP contribution in [0.4, 0.5) is 18.0 Å². The van der Waals surface area contributed by atoms with E-state index in [4.69, 9.17) is 10.3 Å². The van der Waals surface area contributed by atoms with Gasteiger partial charge < -0.3 is 19.9 Å². The summed E-state index contributed by atoms with van der Waals surface area (Å²) >= 11 is 0. The maximum atomic E-state index is 13.5. The molecule has 4 N–H and O–H groups in total. The second-order valence-electron chi connectivity index (χ2n) is 8.06. The number of imidazole rings is 1. The number of benzene rings is 2. The molecule has 0 spiro atoms. The third-order valence-corrected chi connectivity index (χ3v) is 5.82. The molecule has 3 aromatic rings. The van der Waals surface area contributed by atoms with Gasteiger partial charge in [0.15, 0.2) is 0 Å². The number of halogens is 3. The summed E-state index contributed by atoms with van der Waals surface area (Å²) in [6.07, 6.45) is -5.92. The van der Waals surface area contributed by atoms with Gasteiger partial charge in [-0.2, -0.15) is 13.2 Å². The molecule has 0 radical (unpaired) electrons. The van der Waals surface area contributed by atoms with Gasteiger partial charge in [-0.15, -0.1) is 0 Å². The van der Waals surface area contributed by atoms with Crippen molar-refractivity contribution in [3.63, 3.8) is 0 Å². The SMILES string of the molecule is O=C(N[C@@H]1CN(C(=O)O)C[C@@H]1C(=O)NO)c1ccc(Cn2c(C(F)(F)F)nc3ccccc32)cc1. The molecule has 4 rings (SSSR count).